The fourth-order valence-corrected chi connectivity index (χ4v) is 3.42. The van der Waals surface area contributed by atoms with Gasteiger partial charge >= 0.3 is 0 Å². The van der Waals surface area contributed by atoms with Crippen molar-refractivity contribution in [1.29, 1.82) is 5.26 Å². The molecule has 0 spiro atoms. The van der Waals surface area contributed by atoms with Crippen molar-refractivity contribution in [2.24, 2.45) is 5.92 Å². The zero-order chi connectivity index (χ0) is 10.6. The van der Waals surface area contributed by atoms with Gasteiger partial charge in [-0.2, -0.15) is 5.26 Å². The van der Waals surface area contributed by atoms with E-state index in [0.717, 1.165) is 18.8 Å². The highest BCUT2D eigenvalue weighted by atomic mass is 33.1. The van der Waals surface area contributed by atoms with Crippen LogP contribution in [0.25, 0.3) is 0 Å². The summed E-state index contributed by atoms with van der Waals surface area (Å²) in [6.45, 7) is 4.54. The molecular formula is C11H21NS2. The van der Waals surface area contributed by atoms with Gasteiger partial charge in [0.1, 0.15) is 0 Å². The van der Waals surface area contributed by atoms with Crippen LogP contribution in [-0.4, -0.2) is 11.5 Å². The summed E-state index contributed by atoms with van der Waals surface area (Å²) >= 11 is 0. The first kappa shape index (κ1) is 14.2. The van der Waals surface area contributed by atoms with E-state index in [1.807, 2.05) is 21.6 Å². The Balaban J connectivity index is 2.89. The first-order valence-electron chi connectivity index (χ1n) is 5.38. The smallest absolute Gasteiger partial charge is 0.0621 e. The molecule has 0 bridgehead atoms. The first-order valence-corrected chi connectivity index (χ1v) is 7.87. The van der Waals surface area contributed by atoms with Crippen molar-refractivity contribution in [3.05, 3.63) is 0 Å². The average molecular weight is 231 g/mol. The van der Waals surface area contributed by atoms with Gasteiger partial charge in [0.15, 0.2) is 0 Å². The van der Waals surface area contributed by atoms with Crippen LogP contribution < -0.4 is 0 Å². The maximum Gasteiger partial charge on any atom is 0.0621 e. The predicted molar refractivity (Wildman–Crippen MR) is 68.5 cm³/mol. The van der Waals surface area contributed by atoms with E-state index in [2.05, 4.69) is 19.9 Å². The van der Waals surface area contributed by atoms with Gasteiger partial charge in [-0.05, 0) is 25.2 Å². The predicted octanol–water partition coefficient (Wildman–Crippen LogP) is 4.50. The molecule has 0 atom stereocenters. The fraction of sp³-hybridized carbons (Fsp3) is 0.909. The van der Waals surface area contributed by atoms with Crippen LogP contribution in [0, 0.1) is 17.2 Å². The van der Waals surface area contributed by atoms with Gasteiger partial charge in [0.25, 0.3) is 0 Å². The lowest BCUT2D eigenvalue weighted by molar-refractivity contribution is 0.633. The van der Waals surface area contributed by atoms with Gasteiger partial charge in [0, 0.05) is 17.9 Å². The van der Waals surface area contributed by atoms with E-state index in [9.17, 15) is 0 Å². The fourth-order valence-electron chi connectivity index (χ4n) is 0.943. The van der Waals surface area contributed by atoms with Crippen LogP contribution in [0.5, 0.6) is 0 Å². The van der Waals surface area contributed by atoms with Gasteiger partial charge < -0.3 is 0 Å². The van der Waals surface area contributed by atoms with E-state index < -0.39 is 0 Å². The molecule has 0 aliphatic heterocycles. The van der Waals surface area contributed by atoms with Gasteiger partial charge in [-0.15, -0.1) is 0 Å². The minimum absolute atomic E-state index is 0.727. The van der Waals surface area contributed by atoms with Crippen LogP contribution in [0.4, 0.5) is 0 Å². The normalized spacial score (nSPS) is 10.4. The lowest BCUT2D eigenvalue weighted by Crippen LogP contribution is -1.88. The van der Waals surface area contributed by atoms with Crippen molar-refractivity contribution in [2.45, 2.75) is 46.0 Å². The third kappa shape index (κ3) is 12.2. The van der Waals surface area contributed by atoms with Gasteiger partial charge in [-0.3, -0.25) is 0 Å². The molecule has 1 nitrogen and oxygen atoms in total. The average Bonchev–Trinajstić information content (AvgIpc) is 2.15. The number of nitrogens with zero attached hydrogens (tertiary/aromatic N) is 1. The summed E-state index contributed by atoms with van der Waals surface area (Å²) in [4.78, 5) is 0. The third-order valence-corrected chi connectivity index (χ3v) is 4.40. The zero-order valence-corrected chi connectivity index (χ0v) is 10.9. The van der Waals surface area contributed by atoms with Gasteiger partial charge in [-0.1, -0.05) is 41.9 Å². The molecule has 0 amide bonds. The van der Waals surface area contributed by atoms with Crippen molar-refractivity contribution in [3.8, 4) is 6.07 Å². The first-order chi connectivity index (χ1) is 6.77. The Morgan fingerprint density at radius 2 is 1.79 bits per heavy atom. The van der Waals surface area contributed by atoms with Crippen LogP contribution in [-0.2, 0) is 0 Å². The van der Waals surface area contributed by atoms with Crippen molar-refractivity contribution in [1.82, 2.24) is 0 Å². The molecule has 82 valence electrons. The Bertz CT molecular complexity index is 152. The molecule has 0 radical (unpaired) electrons. The van der Waals surface area contributed by atoms with E-state index in [4.69, 9.17) is 5.26 Å². The Labute approximate surface area is 96.4 Å². The second-order valence-corrected chi connectivity index (χ2v) is 6.50. The number of hydrogen-bond donors (Lipinski definition) is 0. The summed E-state index contributed by atoms with van der Waals surface area (Å²) in [6, 6.07) is 2.18. The lowest BCUT2D eigenvalue weighted by atomic mass is 10.2. The topological polar surface area (TPSA) is 23.8 Å². The summed E-state index contributed by atoms with van der Waals surface area (Å²) in [6.07, 6.45) is 5.61. The van der Waals surface area contributed by atoms with Crippen LogP contribution >= 0.6 is 21.6 Å². The van der Waals surface area contributed by atoms with E-state index in [0.29, 0.717) is 0 Å². The van der Waals surface area contributed by atoms with Gasteiger partial charge in [0.05, 0.1) is 6.07 Å². The quantitative estimate of drug-likeness (QED) is 0.431. The molecular weight excluding hydrogens is 210 g/mol. The van der Waals surface area contributed by atoms with Crippen LogP contribution in [0.15, 0.2) is 0 Å². The summed E-state index contributed by atoms with van der Waals surface area (Å²) in [5, 5.41) is 8.33. The molecule has 0 aromatic rings. The number of unbranched alkanes of at least 4 members (excludes halogenated alkanes) is 3. The van der Waals surface area contributed by atoms with E-state index >= 15 is 0 Å². The van der Waals surface area contributed by atoms with Crippen LogP contribution in [0.2, 0.25) is 0 Å². The molecule has 0 saturated heterocycles. The third-order valence-electron chi connectivity index (χ3n) is 1.88. The van der Waals surface area contributed by atoms with Crippen molar-refractivity contribution in [2.75, 3.05) is 11.5 Å². The summed E-state index contributed by atoms with van der Waals surface area (Å²) in [5.74, 6) is 3.35. The Morgan fingerprint density at radius 1 is 1.07 bits per heavy atom. The maximum atomic E-state index is 8.33. The SMILES string of the molecule is CC(C)CCSSCCCCCC#N. The molecule has 3 heteroatoms. The number of hydrogen-bond acceptors (Lipinski definition) is 3. The Kier molecular flexibility index (Phi) is 11.4. The highest BCUT2D eigenvalue weighted by Gasteiger charge is 1.95. The molecule has 0 heterocycles. The van der Waals surface area contributed by atoms with Crippen LogP contribution in [0.1, 0.15) is 46.0 Å². The lowest BCUT2D eigenvalue weighted by Gasteiger charge is -2.03. The van der Waals surface area contributed by atoms with E-state index in [-0.39, 0.29) is 0 Å². The van der Waals surface area contributed by atoms with Crippen molar-refractivity contribution < 1.29 is 0 Å². The highest BCUT2D eigenvalue weighted by molar-refractivity contribution is 8.76. The highest BCUT2D eigenvalue weighted by Crippen LogP contribution is 2.24. The van der Waals surface area contributed by atoms with Crippen molar-refractivity contribution >= 4 is 21.6 Å². The summed E-state index contributed by atoms with van der Waals surface area (Å²) < 4.78 is 0. The Morgan fingerprint density at radius 3 is 2.43 bits per heavy atom. The zero-order valence-electron chi connectivity index (χ0n) is 9.29. The van der Waals surface area contributed by atoms with Crippen LogP contribution in [0.3, 0.4) is 0 Å². The second kappa shape index (κ2) is 11.3. The molecule has 0 aliphatic carbocycles. The monoisotopic (exact) mass is 231 g/mol. The molecule has 0 rings (SSSR count). The number of nitriles is 1. The van der Waals surface area contributed by atoms with E-state index in [1.54, 1.807) is 0 Å². The summed E-state index contributed by atoms with van der Waals surface area (Å²) in [5.41, 5.74) is 0. The maximum absolute atomic E-state index is 8.33. The summed E-state index contributed by atoms with van der Waals surface area (Å²) in [7, 11) is 3.98. The molecule has 0 aliphatic rings. The molecule has 0 aromatic heterocycles. The molecule has 0 aromatic carbocycles. The number of rotatable bonds is 9. The molecule has 0 N–H and O–H groups in total. The van der Waals surface area contributed by atoms with Gasteiger partial charge in [0.2, 0.25) is 0 Å². The standard InChI is InChI=1S/C11H21NS2/c1-11(2)7-10-14-13-9-6-4-3-5-8-12/h11H,3-7,9-10H2,1-2H3. The van der Waals surface area contributed by atoms with Gasteiger partial charge in [-0.25, -0.2) is 0 Å². The minimum Gasteiger partial charge on any atom is -0.198 e. The minimum atomic E-state index is 0.727. The van der Waals surface area contributed by atoms with Crippen molar-refractivity contribution in [3.63, 3.8) is 0 Å². The second-order valence-electron chi connectivity index (χ2n) is 3.80. The molecule has 0 saturated carbocycles. The molecule has 0 fully saturated rings. The molecule has 0 unspecified atom stereocenters. The largest absolute Gasteiger partial charge is 0.198 e. The Hall–Kier alpha value is 0.190. The molecule has 14 heavy (non-hydrogen) atoms. The van der Waals surface area contributed by atoms with E-state index in [1.165, 1.54) is 30.8 Å².